The molecule has 1 N–H and O–H groups in total. The van der Waals surface area contributed by atoms with Crippen LogP contribution in [0.3, 0.4) is 0 Å². The molecule has 0 aliphatic carbocycles. The Morgan fingerprint density at radius 1 is 1.22 bits per heavy atom. The number of anilines is 1. The van der Waals surface area contributed by atoms with Gasteiger partial charge in [0.05, 0.1) is 11.4 Å². The van der Waals surface area contributed by atoms with Crippen molar-refractivity contribution < 1.29 is 9.59 Å². The highest BCUT2D eigenvalue weighted by atomic mass is 16.2. The number of fused-ring (bicyclic) bond motifs is 1. The van der Waals surface area contributed by atoms with E-state index in [-0.39, 0.29) is 17.7 Å². The van der Waals surface area contributed by atoms with E-state index in [9.17, 15) is 9.59 Å². The zero-order valence-electron chi connectivity index (χ0n) is 15.3. The summed E-state index contributed by atoms with van der Waals surface area (Å²) in [5.74, 6) is 0.173. The number of nitrogens with zero attached hydrogens (tertiary/aromatic N) is 3. The highest BCUT2D eigenvalue weighted by Crippen LogP contribution is 2.28. The zero-order valence-corrected chi connectivity index (χ0v) is 15.3. The first-order valence-corrected chi connectivity index (χ1v) is 9.21. The van der Waals surface area contributed by atoms with E-state index in [1.165, 1.54) is 0 Å². The van der Waals surface area contributed by atoms with Crippen LogP contribution in [0.15, 0.2) is 55.0 Å². The third-order valence-electron chi connectivity index (χ3n) is 5.05. The summed E-state index contributed by atoms with van der Waals surface area (Å²) in [7, 11) is 0. The van der Waals surface area contributed by atoms with Crippen molar-refractivity contribution in [3.05, 3.63) is 60.6 Å². The molecule has 1 amide bonds. The van der Waals surface area contributed by atoms with Crippen molar-refractivity contribution in [2.45, 2.75) is 19.9 Å². The second-order valence-electron chi connectivity index (χ2n) is 6.86. The molecule has 1 aliphatic rings. The van der Waals surface area contributed by atoms with Crippen LogP contribution in [-0.4, -0.2) is 34.5 Å². The lowest BCUT2D eigenvalue weighted by molar-refractivity contribution is -0.125. The van der Waals surface area contributed by atoms with Gasteiger partial charge < -0.3 is 10.2 Å². The van der Waals surface area contributed by atoms with Crippen LogP contribution >= 0.6 is 0 Å². The molecule has 0 saturated carbocycles. The summed E-state index contributed by atoms with van der Waals surface area (Å²) < 4.78 is 1.70. The summed E-state index contributed by atoms with van der Waals surface area (Å²) in [6.45, 7) is 3.79. The number of hydrogen-bond acceptors (Lipinski definition) is 4. The van der Waals surface area contributed by atoms with Gasteiger partial charge in [-0.05, 0) is 35.9 Å². The fourth-order valence-electron chi connectivity index (χ4n) is 3.41. The summed E-state index contributed by atoms with van der Waals surface area (Å²) in [6.07, 6.45) is 5.79. The number of carbonyl (C=O) groups is 2. The number of rotatable bonds is 5. The lowest BCUT2D eigenvalue weighted by Crippen LogP contribution is -2.53. The quantitative estimate of drug-likeness (QED) is 0.758. The molecule has 6 nitrogen and oxygen atoms in total. The first-order chi connectivity index (χ1) is 13.2. The minimum atomic E-state index is 0.00337. The third-order valence-corrected chi connectivity index (χ3v) is 5.05. The van der Waals surface area contributed by atoms with Crippen LogP contribution in [0.1, 0.15) is 23.7 Å². The maximum absolute atomic E-state index is 12.3. The Hall–Kier alpha value is -3.15. The van der Waals surface area contributed by atoms with Crippen molar-refractivity contribution in [1.29, 1.82) is 0 Å². The normalized spacial score (nSPS) is 14.2. The largest absolute Gasteiger partial charge is 0.370 e. The minimum absolute atomic E-state index is 0.00337. The van der Waals surface area contributed by atoms with Crippen LogP contribution in [0.25, 0.3) is 10.9 Å². The Bertz CT molecular complexity index is 974. The van der Waals surface area contributed by atoms with Gasteiger partial charge in [-0.1, -0.05) is 13.0 Å². The summed E-state index contributed by atoms with van der Waals surface area (Å²) in [4.78, 5) is 30.5. The first kappa shape index (κ1) is 17.3. The fourth-order valence-corrected chi connectivity index (χ4v) is 3.41. The fraction of sp³-hybridized carbons (Fsp3) is 0.286. The predicted molar refractivity (Wildman–Crippen MR) is 105 cm³/mol. The van der Waals surface area contributed by atoms with E-state index in [0.717, 1.165) is 22.2 Å². The average Bonchev–Trinajstić information content (AvgIpc) is 3.09. The van der Waals surface area contributed by atoms with Crippen LogP contribution < -0.4 is 10.2 Å². The van der Waals surface area contributed by atoms with Crippen LogP contribution in [0.2, 0.25) is 0 Å². The summed E-state index contributed by atoms with van der Waals surface area (Å²) in [6, 6.07) is 11.9. The molecule has 0 radical (unpaired) electrons. The predicted octanol–water partition coefficient (Wildman–Crippen LogP) is 2.84. The van der Waals surface area contributed by atoms with Crippen LogP contribution in [-0.2, 0) is 11.3 Å². The number of carbonyl (C=O) groups excluding carboxylic acids is 2. The highest BCUT2D eigenvalue weighted by molar-refractivity contribution is 5.94. The highest BCUT2D eigenvalue weighted by Gasteiger charge is 2.32. The molecule has 138 valence electrons. The molecule has 27 heavy (non-hydrogen) atoms. The van der Waals surface area contributed by atoms with E-state index in [2.05, 4.69) is 21.3 Å². The second-order valence-corrected chi connectivity index (χ2v) is 6.86. The topological polar surface area (TPSA) is 67.2 Å². The van der Waals surface area contributed by atoms with Gasteiger partial charge in [0, 0.05) is 55.7 Å². The van der Waals surface area contributed by atoms with E-state index in [0.29, 0.717) is 26.1 Å². The SMILES string of the molecule is CCC(=O)n1ccc2cc(N3CC(C(=O)NCc4cccnc4)C3)ccc21. The molecule has 3 heterocycles. The molecule has 1 aliphatic heterocycles. The van der Waals surface area contributed by atoms with Crippen molar-refractivity contribution in [2.24, 2.45) is 5.92 Å². The molecule has 4 rings (SSSR count). The molecule has 0 unspecified atom stereocenters. The van der Waals surface area contributed by atoms with Crippen molar-refractivity contribution in [3.63, 3.8) is 0 Å². The van der Waals surface area contributed by atoms with Gasteiger partial charge in [-0.15, -0.1) is 0 Å². The van der Waals surface area contributed by atoms with Gasteiger partial charge in [0.2, 0.25) is 11.8 Å². The molecule has 0 bridgehead atoms. The van der Waals surface area contributed by atoms with Crippen LogP contribution in [0.4, 0.5) is 5.69 Å². The molecule has 1 saturated heterocycles. The van der Waals surface area contributed by atoms with E-state index < -0.39 is 0 Å². The Labute approximate surface area is 157 Å². The van der Waals surface area contributed by atoms with Crippen molar-refractivity contribution in [1.82, 2.24) is 14.9 Å². The Morgan fingerprint density at radius 2 is 2.07 bits per heavy atom. The van der Waals surface area contributed by atoms with Gasteiger partial charge in [-0.25, -0.2) is 0 Å². The number of benzene rings is 1. The molecular formula is C21H22N4O2. The second kappa shape index (κ2) is 7.23. The summed E-state index contributed by atoms with van der Waals surface area (Å²) in [5, 5.41) is 4.02. The van der Waals surface area contributed by atoms with Crippen LogP contribution in [0, 0.1) is 5.92 Å². The number of pyridine rings is 1. The molecule has 0 atom stereocenters. The summed E-state index contributed by atoms with van der Waals surface area (Å²) >= 11 is 0. The van der Waals surface area contributed by atoms with Gasteiger partial charge in [0.1, 0.15) is 0 Å². The van der Waals surface area contributed by atoms with E-state index in [1.54, 1.807) is 17.0 Å². The molecule has 0 spiro atoms. The van der Waals surface area contributed by atoms with Crippen molar-refractivity contribution in [2.75, 3.05) is 18.0 Å². The Morgan fingerprint density at radius 3 is 2.81 bits per heavy atom. The van der Waals surface area contributed by atoms with Gasteiger partial charge in [0.15, 0.2) is 0 Å². The van der Waals surface area contributed by atoms with Crippen LogP contribution in [0.5, 0.6) is 0 Å². The number of amides is 1. The number of aromatic nitrogens is 2. The van der Waals surface area contributed by atoms with E-state index in [4.69, 9.17) is 0 Å². The smallest absolute Gasteiger partial charge is 0.230 e. The first-order valence-electron chi connectivity index (χ1n) is 9.21. The van der Waals surface area contributed by atoms with E-state index in [1.807, 2.05) is 43.5 Å². The molecule has 3 aromatic rings. The minimum Gasteiger partial charge on any atom is -0.370 e. The maximum Gasteiger partial charge on any atom is 0.230 e. The van der Waals surface area contributed by atoms with Gasteiger partial charge in [0.25, 0.3) is 0 Å². The maximum atomic E-state index is 12.3. The molecule has 2 aromatic heterocycles. The molecular weight excluding hydrogens is 340 g/mol. The number of hydrogen-bond donors (Lipinski definition) is 1. The monoisotopic (exact) mass is 362 g/mol. The lowest BCUT2D eigenvalue weighted by Gasteiger charge is -2.40. The Kier molecular flexibility index (Phi) is 4.62. The van der Waals surface area contributed by atoms with Crippen molar-refractivity contribution >= 4 is 28.4 Å². The van der Waals surface area contributed by atoms with Crippen molar-refractivity contribution in [3.8, 4) is 0 Å². The molecule has 6 heteroatoms. The Balaban J connectivity index is 1.36. The average molecular weight is 362 g/mol. The lowest BCUT2D eigenvalue weighted by atomic mass is 9.97. The van der Waals surface area contributed by atoms with Gasteiger partial charge in [-0.2, -0.15) is 0 Å². The van der Waals surface area contributed by atoms with E-state index >= 15 is 0 Å². The molecule has 1 aromatic carbocycles. The molecule has 1 fully saturated rings. The summed E-state index contributed by atoms with van der Waals surface area (Å²) in [5.41, 5.74) is 3.01. The van der Waals surface area contributed by atoms with Gasteiger partial charge >= 0.3 is 0 Å². The number of nitrogens with one attached hydrogen (secondary N) is 1. The third kappa shape index (κ3) is 3.43. The zero-order chi connectivity index (χ0) is 18.8. The standard InChI is InChI=1S/C21H22N4O2/c1-2-20(26)25-9-7-16-10-18(5-6-19(16)25)24-13-17(14-24)21(27)23-12-15-4-3-8-22-11-15/h3-11,17H,2,12-14H2,1H3,(H,23,27). The van der Waals surface area contributed by atoms with Gasteiger partial charge in [-0.3, -0.25) is 19.1 Å².